The minimum atomic E-state index is -1.85. The summed E-state index contributed by atoms with van der Waals surface area (Å²) in [6.45, 7) is 5.97. The van der Waals surface area contributed by atoms with Crippen LogP contribution in [-0.2, 0) is 11.1 Å². The number of fused-ring (bicyclic) bond motifs is 5. The molecule has 8 aromatic rings. The molecule has 286 valence electrons. The number of hydrogen-bond acceptors (Lipinski definition) is 3. The fourth-order valence-electron chi connectivity index (χ4n) is 9.94. The summed E-state index contributed by atoms with van der Waals surface area (Å²) in [5.74, 6) is 1.68. The summed E-state index contributed by atoms with van der Waals surface area (Å²) in [4.78, 5) is 14.9. The molecule has 0 saturated carbocycles. The van der Waals surface area contributed by atoms with Crippen molar-refractivity contribution in [1.82, 2.24) is 15.0 Å². The van der Waals surface area contributed by atoms with Crippen molar-refractivity contribution in [2.24, 2.45) is 0 Å². The highest BCUT2D eigenvalue weighted by molar-refractivity contribution is 5.93. The van der Waals surface area contributed by atoms with Crippen molar-refractivity contribution in [2.45, 2.75) is 30.8 Å². The van der Waals surface area contributed by atoms with Crippen molar-refractivity contribution in [2.75, 3.05) is 0 Å². The second kappa shape index (κ2) is 13.9. The zero-order valence-corrected chi connectivity index (χ0v) is 33.2. The van der Waals surface area contributed by atoms with Crippen LogP contribution in [0.15, 0.2) is 206 Å². The largest absolute Gasteiger partial charge is 0.228 e. The average molecular weight is 774 g/mol. The summed E-state index contributed by atoms with van der Waals surface area (Å²) in [6.07, 6.45) is 6.62. The lowest BCUT2D eigenvalue weighted by Crippen LogP contribution is -2.30. The first-order chi connectivity index (χ1) is 29.4. The molecule has 1 unspecified atom stereocenters. The lowest BCUT2D eigenvalue weighted by Gasteiger charge is -2.36. The van der Waals surface area contributed by atoms with Gasteiger partial charge < -0.3 is 0 Å². The standard InChI is InChI=1S/C56H40FN3/c1-36(2)56(57)49-31-28-39(40-27-30-45-44-25-15-16-26-48(44)55(51(45)35-40,42-21-11-5-12-22-42)43-23-13-6-14-24-43)33-46(49)47-34-41(29-32-50(47)56)54-59-52(37-17-7-3-8-18-37)58-53(60-54)38-19-9-4-10-20-38/h3-15,17-25,27-35H,1,16,26H2,2H3. The predicted molar refractivity (Wildman–Crippen MR) is 242 cm³/mol. The molecule has 1 aromatic heterocycles. The highest BCUT2D eigenvalue weighted by atomic mass is 19.1. The molecule has 0 bridgehead atoms. The SMILES string of the molecule is C=C(C)C1(F)c2ccc(-c3ccc4c(c3)C(c3ccccc3)(c3ccccc3)C3=C4C=CCC3)cc2-c2cc(-c3nc(-c4ccccc4)nc(-c4ccccc4)n3)ccc21. The van der Waals surface area contributed by atoms with E-state index in [2.05, 4.69) is 110 Å². The number of benzene rings is 7. The van der Waals surface area contributed by atoms with Crippen LogP contribution in [0, 0.1) is 0 Å². The Hall–Kier alpha value is -7.30. The summed E-state index contributed by atoms with van der Waals surface area (Å²) >= 11 is 0. The van der Waals surface area contributed by atoms with Gasteiger partial charge in [0.05, 0.1) is 5.41 Å². The Balaban J connectivity index is 1.08. The number of rotatable bonds is 7. The van der Waals surface area contributed by atoms with E-state index in [9.17, 15) is 0 Å². The first kappa shape index (κ1) is 35.8. The Morgan fingerprint density at radius 2 is 0.967 bits per heavy atom. The van der Waals surface area contributed by atoms with Crippen LogP contribution < -0.4 is 0 Å². The third-order valence-corrected chi connectivity index (χ3v) is 12.7. The second-order valence-electron chi connectivity index (χ2n) is 16.1. The monoisotopic (exact) mass is 773 g/mol. The van der Waals surface area contributed by atoms with E-state index in [1.807, 2.05) is 84.9 Å². The van der Waals surface area contributed by atoms with Gasteiger partial charge in [-0.2, -0.15) is 0 Å². The third-order valence-electron chi connectivity index (χ3n) is 12.7. The molecule has 0 amide bonds. The Morgan fingerprint density at radius 1 is 0.500 bits per heavy atom. The maximum Gasteiger partial charge on any atom is 0.182 e. The van der Waals surface area contributed by atoms with E-state index in [0.29, 0.717) is 34.2 Å². The molecule has 0 fully saturated rings. The minimum Gasteiger partial charge on any atom is -0.228 e. The van der Waals surface area contributed by atoms with E-state index >= 15 is 4.39 Å². The summed E-state index contributed by atoms with van der Waals surface area (Å²) < 4.78 is 17.7. The molecule has 0 aliphatic heterocycles. The molecule has 0 radical (unpaired) electrons. The van der Waals surface area contributed by atoms with Gasteiger partial charge in [0, 0.05) is 27.8 Å². The zero-order chi connectivity index (χ0) is 40.4. The fraction of sp³-hybridized carbons (Fsp3) is 0.0893. The van der Waals surface area contributed by atoms with Gasteiger partial charge in [0.2, 0.25) is 0 Å². The van der Waals surface area contributed by atoms with Gasteiger partial charge in [-0.15, -0.1) is 0 Å². The second-order valence-corrected chi connectivity index (χ2v) is 16.1. The van der Waals surface area contributed by atoms with Crippen LogP contribution in [0.1, 0.15) is 53.1 Å². The Kier molecular flexibility index (Phi) is 8.31. The number of allylic oxidation sites excluding steroid dienone is 5. The fourth-order valence-corrected chi connectivity index (χ4v) is 9.94. The van der Waals surface area contributed by atoms with Crippen LogP contribution in [0.2, 0.25) is 0 Å². The van der Waals surface area contributed by atoms with Gasteiger partial charge in [-0.25, -0.2) is 19.3 Å². The molecule has 60 heavy (non-hydrogen) atoms. The molecule has 1 heterocycles. The smallest absolute Gasteiger partial charge is 0.182 e. The number of aromatic nitrogens is 3. The van der Waals surface area contributed by atoms with E-state index in [1.165, 1.54) is 33.4 Å². The van der Waals surface area contributed by atoms with Crippen LogP contribution in [0.5, 0.6) is 0 Å². The Labute approximate surface area is 350 Å². The molecule has 3 nitrogen and oxygen atoms in total. The van der Waals surface area contributed by atoms with Gasteiger partial charge in [0.15, 0.2) is 23.1 Å². The Morgan fingerprint density at radius 3 is 1.52 bits per heavy atom. The third kappa shape index (κ3) is 5.37. The van der Waals surface area contributed by atoms with Crippen LogP contribution in [0.4, 0.5) is 4.39 Å². The summed E-state index contributed by atoms with van der Waals surface area (Å²) in [5.41, 5.74) is 13.5. The van der Waals surface area contributed by atoms with E-state index in [0.717, 1.165) is 51.8 Å². The minimum absolute atomic E-state index is 0.442. The highest BCUT2D eigenvalue weighted by Gasteiger charge is 2.48. The molecule has 7 aromatic carbocycles. The lowest BCUT2D eigenvalue weighted by molar-refractivity contribution is 0.282. The van der Waals surface area contributed by atoms with Crippen molar-refractivity contribution in [1.29, 1.82) is 0 Å². The number of halogens is 1. The van der Waals surface area contributed by atoms with Gasteiger partial charge in [-0.1, -0.05) is 176 Å². The number of alkyl halides is 1. The van der Waals surface area contributed by atoms with Crippen molar-refractivity contribution in [3.63, 3.8) is 0 Å². The highest BCUT2D eigenvalue weighted by Crippen LogP contribution is 2.59. The quantitative estimate of drug-likeness (QED) is 0.151. The zero-order valence-electron chi connectivity index (χ0n) is 33.2. The van der Waals surface area contributed by atoms with Gasteiger partial charge in [-0.3, -0.25) is 0 Å². The first-order valence-electron chi connectivity index (χ1n) is 20.6. The van der Waals surface area contributed by atoms with Crippen LogP contribution in [0.25, 0.3) is 62.0 Å². The normalized spacial score (nSPS) is 16.8. The van der Waals surface area contributed by atoms with Crippen LogP contribution in [-0.4, -0.2) is 15.0 Å². The summed E-state index contributed by atoms with van der Waals surface area (Å²) in [7, 11) is 0. The Bertz CT molecular complexity index is 2960. The molecule has 11 rings (SSSR count). The maximum absolute atomic E-state index is 17.7. The molecular formula is C56H40FN3. The van der Waals surface area contributed by atoms with Crippen molar-refractivity contribution >= 4 is 5.57 Å². The molecule has 0 N–H and O–H groups in total. The maximum atomic E-state index is 17.7. The van der Waals surface area contributed by atoms with Crippen LogP contribution >= 0.6 is 0 Å². The van der Waals surface area contributed by atoms with E-state index in [-0.39, 0.29) is 0 Å². The van der Waals surface area contributed by atoms with E-state index in [1.54, 1.807) is 6.92 Å². The number of hydrogen-bond donors (Lipinski definition) is 0. The van der Waals surface area contributed by atoms with Crippen molar-refractivity contribution in [3.05, 3.63) is 239 Å². The lowest BCUT2D eigenvalue weighted by atomic mass is 9.65. The van der Waals surface area contributed by atoms with E-state index < -0.39 is 11.1 Å². The molecule has 4 heteroatoms. The van der Waals surface area contributed by atoms with Gasteiger partial charge in [0.1, 0.15) is 0 Å². The molecule has 0 spiro atoms. The molecular weight excluding hydrogens is 734 g/mol. The van der Waals surface area contributed by atoms with Gasteiger partial charge in [-0.05, 0) is 99.2 Å². The van der Waals surface area contributed by atoms with Crippen LogP contribution in [0.3, 0.4) is 0 Å². The van der Waals surface area contributed by atoms with Gasteiger partial charge in [0.25, 0.3) is 0 Å². The van der Waals surface area contributed by atoms with Gasteiger partial charge >= 0.3 is 0 Å². The van der Waals surface area contributed by atoms with Crippen molar-refractivity contribution in [3.8, 4) is 56.4 Å². The molecule has 0 saturated heterocycles. The number of nitrogens with zero attached hydrogens (tertiary/aromatic N) is 3. The first-order valence-corrected chi connectivity index (χ1v) is 20.6. The van der Waals surface area contributed by atoms with Crippen molar-refractivity contribution < 1.29 is 4.39 Å². The van der Waals surface area contributed by atoms with E-state index in [4.69, 9.17) is 15.0 Å². The average Bonchev–Trinajstić information content (AvgIpc) is 3.76. The molecule has 1 atom stereocenters. The predicted octanol–water partition coefficient (Wildman–Crippen LogP) is 13.8. The summed E-state index contributed by atoms with van der Waals surface area (Å²) in [6, 6.07) is 60.8. The molecule has 3 aliphatic carbocycles. The topological polar surface area (TPSA) is 38.7 Å². The summed E-state index contributed by atoms with van der Waals surface area (Å²) in [5, 5.41) is 0. The molecule has 3 aliphatic rings.